The van der Waals surface area contributed by atoms with Gasteiger partial charge in [0.25, 0.3) is 5.56 Å². The van der Waals surface area contributed by atoms with Crippen LogP contribution in [0.3, 0.4) is 0 Å². The number of methoxy groups -OCH3 is 1. The van der Waals surface area contributed by atoms with Crippen molar-refractivity contribution in [3.8, 4) is 28.7 Å². The summed E-state index contributed by atoms with van der Waals surface area (Å²) in [6.45, 7) is 3.68. The van der Waals surface area contributed by atoms with Crippen molar-refractivity contribution in [2.45, 2.75) is 56.8 Å². The summed E-state index contributed by atoms with van der Waals surface area (Å²) in [6, 6.07) is 22.8. The van der Waals surface area contributed by atoms with Gasteiger partial charge in [0.15, 0.2) is 5.60 Å². The topological polar surface area (TPSA) is 185 Å². The Balaban J connectivity index is 1.09. The van der Waals surface area contributed by atoms with Crippen LogP contribution in [0.5, 0.6) is 5.75 Å². The van der Waals surface area contributed by atoms with E-state index in [0.29, 0.717) is 47.2 Å². The number of carbonyl (C=O) groups excluding carboxylic acids is 3. The molecule has 3 aromatic carbocycles. The van der Waals surface area contributed by atoms with Crippen molar-refractivity contribution in [2.75, 3.05) is 56.7 Å². The number of amides is 4. The van der Waals surface area contributed by atoms with Gasteiger partial charge in [-0.05, 0) is 87.2 Å². The number of H-pyrrole nitrogens is 1. The number of rotatable bonds is 13. The van der Waals surface area contributed by atoms with Crippen LogP contribution in [0, 0.1) is 17.8 Å². The minimum Gasteiger partial charge on any atom is -0.495 e. The Morgan fingerprint density at radius 3 is 2.52 bits per heavy atom. The second kappa shape index (κ2) is 18.7. The average Bonchev–Trinajstić information content (AvgIpc) is 4.02. The van der Waals surface area contributed by atoms with Gasteiger partial charge in [0.05, 0.1) is 36.7 Å². The van der Waals surface area contributed by atoms with E-state index < -0.39 is 17.7 Å². The molecule has 16 nitrogen and oxygen atoms in total. The number of hydrogen-bond acceptors (Lipinski definition) is 11. The van der Waals surface area contributed by atoms with Crippen LogP contribution in [-0.4, -0.2) is 96.6 Å². The molecule has 5 heterocycles. The fourth-order valence-corrected chi connectivity index (χ4v) is 8.61. The first-order chi connectivity index (χ1) is 32.0. The molecule has 4 amide bonds. The number of hydrogen-bond donors (Lipinski definition) is 4. The number of imide groups is 1. The molecule has 3 aromatic heterocycles. The third-order valence-electron chi connectivity index (χ3n) is 12.6. The molecule has 0 bridgehead atoms. The summed E-state index contributed by atoms with van der Waals surface area (Å²) < 4.78 is 19.9. The van der Waals surface area contributed by atoms with Gasteiger partial charge >= 0.3 is 12.1 Å². The molecule has 1 aliphatic carbocycles. The number of aromatic nitrogens is 4. The van der Waals surface area contributed by atoms with Gasteiger partial charge in [-0.2, -0.15) is 0 Å². The lowest BCUT2D eigenvalue weighted by Gasteiger charge is -2.36. The highest BCUT2D eigenvalue weighted by atomic mass is 16.6. The lowest BCUT2D eigenvalue weighted by Crippen LogP contribution is -2.49. The number of nitrogens with one attached hydrogen (secondary N) is 4. The van der Waals surface area contributed by atoms with Crippen molar-refractivity contribution in [1.29, 1.82) is 0 Å². The van der Waals surface area contributed by atoms with Crippen molar-refractivity contribution in [3.63, 3.8) is 0 Å². The molecular weight excluding hydrogens is 839 g/mol. The molecule has 0 radical (unpaired) electrons. The highest BCUT2D eigenvalue weighted by Gasteiger charge is 2.45. The molecule has 2 atom stereocenters. The Morgan fingerprint density at radius 1 is 0.970 bits per heavy atom. The van der Waals surface area contributed by atoms with Gasteiger partial charge in [-0.15, -0.1) is 0 Å². The van der Waals surface area contributed by atoms with E-state index in [1.54, 1.807) is 31.0 Å². The van der Waals surface area contributed by atoms with Gasteiger partial charge in [0.1, 0.15) is 17.9 Å². The first kappa shape index (κ1) is 44.0. The number of aryl methyl sites for hydroxylation is 1. The number of alkyl carbamates (subject to hydrolysis) is 1. The maximum Gasteiger partial charge on any atom is 0.407 e. The van der Waals surface area contributed by atoms with Crippen molar-refractivity contribution in [1.82, 2.24) is 35.5 Å². The SMILES string of the molecule is CNC(C)COC(=O)NCC(OC1CC1)(c1ccccc1)c1nc(N2CCC(C#Cc3ccc(OC)c(N4CCC(=O)NC4=O)c3)CC2)nc2ccc(-c3cn(C)c(=O)c4[nH]ccc34)cc12. The van der Waals surface area contributed by atoms with Crippen LogP contribution in [-0.2, 0) is 26.9 Å². The number of likely N-dealkylation sites (N-methyl/N-ethyl adjacent to an activating group) is 1. The lowest BCUT2D eigenvalue weighted by molar-refractivity contribution is -0.120. The van der Waals surface area contributed by atoms with Crippen molar-refractivity contribution in [2.24, 2.45) is 13.0 Å². The van der Waals surface area contributed by atoms with Crippen LogP contribution in [0.1, 0.15) is 55.8 Å². The van der Waals surface area contributed by atoms with E-state index in [1.165, 1.54) is 4.90 Å². The largest absolute Gasteiger partial charge is 0.495 e. The Kier molecular flexibility index (Phi) is 12.5. The number of pyridine rings is 1. The lowest BCUT2D eigenvalue weighted by atomic mass is 9.86. The van der Waals surface area contributed by atoms with E-state index in [1.807, 2.05) is 80.8 Å². The number of benzene rings is 3. The summed E-state index contributed by atoms with van der Waals surface area (Å²) in [5, 5.41) is 10.1. The zero-order valence-corrected chi connectivity index (χ0v) is 37.5. The normalized spacial score (nSPS) is 16.9. The predicted molar refractivity (Wildman–Crippen MR) is 252 cm³/mol. The highest BCUT2D eigenvalue weighted by molar-refractivity contribution is 6.06. The van der Waals surface area contributed by atoms with Crippen LogP contribution in [0.2, 0.25) is 0 Å². The van der Waals surface area contributed by atoms with Crippen molar-refractivity contribution >= 4 is 51.5 Å². The van der Waals surface area contributed by atoms with E-state index in [2.05, 4.69) is 43.7 Å². The van der Waals surface area contributed by atoms with Gasteiger partial charge in [-0.1, -0.05) is 48.2 Å². The Bertz CT molecular complexity index is 2930. The summed E-state index contributed by atoms with van der Waals surface area (Å²) >= 11 is 0. The fourth-order valence-electron chi connectivity index (χ4n) is 8.61. The van der Waals surface area contributed by atoms with E-state index in [-0.39, 0.29) is 55.6 Å². The van der Waals surface area contributed by atoms with Gasteiger partial charge < -0.3 is 39.3 Å². The quantitative estimate of drug-likeness (QED) is 0.100. The van der Waals surface area contributed by atoms with E-state index >= 15 is 0 Å². The van der Waals surface area contributed by atoms with Crippen LogP contribution < -0.4 is 36.0 Å². The van der Waals surface area contributed by atoms with E-state index in [9.17, 15) is 19.2 Å². The smallest absolute Gasteiger partial charge is 0.407 e. The zero-order chi connectivity index (χ0) is 46.0. The number of aromatic amines is 1. The maximum atomic E-state index is 13.4. The molecule has 2 saturated heterocycles. The summed E-state index contributed by atoms with van der Waals surface area (Å²) in [5.74, 6) is 7.63. The number of urea groups is 1. The summed E-state index contributed by atoms with van der Waals surface area (Å²) in [7, 11) is 5.10. The van der Waals surface area contributed by atoms with E-state index in [4.69, 9.17) is 24.2 Å². The Labute approximate surface area is 382 Å². The number of fused-ring (bicyclic) bond motifs is 2. The molecule has 2 aliphatic heterocycles. The third kappa shape index (κ3) is 9.04. The van der Waals surface area contributed by atoms with Crippen LogP contribution in [0.15, 0.2) is 90.0 Å². The predicted octanol–water partition coefficient (Wildman–Crippen LogP) is 5.96. The molecule has 16 heteroatoms. The molecule has 9 rings (SSSR count). The number of anilines is 2. The first-order valence-electron chi connectivity index (χ1n) is 22.4. The number of nitrogens with zero attached hydrogens (tertiary/aromatic N) is 5. The molecule has 0 spiro atoms. The van der Waals surface area contributed by atoms with Crippen molar-refractivity contribution < 1.29 is 28.6 Å². The average molecular weight is 892 g/mol. The summed E-state index contributed by atoms with van der Waals surface area (Å²) in [6.07, 6.45) is 6.42. The molecule has 3 fully saturated rings. The van der Waals surface area contributed by atoms with Crippen LogP contribution in [0.25, 0.3) is 32.9 Å². The summed E-state index contributed by atoms with van der Waals surface area (Å²) in [4.78, 5) is 68.5. The molecule has 340 valence electrons. The second-order valence-electron chi connectivity index (χ2n) is 17.2. The molecule has 1 saturated carbocycles. The number of piperidine rings is 1. The standard InChI is InChI=1S/C50H53N9O7/c1-31(51-2)29-65-49(63)53-30-50(66-36-14-15-36,35-8-6-5-7-9-35)45-38-27-34(39-28-57(3)46(61)44-37(39)18-22-52-44)13-16-40(38)54-47(56-45)58-23-19-32(20-24-58)10-11-33-12-17-42(64-4)41(26-33)59-25-21-43(60)55-48(59)62/h5-9,12-13,16-18,22,26-28,31-32,36,51-52H,14-15,19-21,23-25,29-30H2,1-4H3,(H,53,63)(H,55,60,62). The van der Waals surface area contributed by atoms with Gasteiger partial charge in [0, 0.05) is 79.4 Å². The molecular formula is C50H53N9O7. The van der Waals surface area contributed by atoms with Crippen molar-refractivity contribution in [3.05, 3.63) is 112 Å². The Hall–Kier alpha value is -7.22. The Morgan fingerprint density at radius 2 is 1.77 bits per heavy atom. The second-order valence-corrected chi connectivity index (χ2v) is 17.2. The number of ether oxygens (including phenoxy) is 3. The monoisotopic (exact) mass is 891 g/mol. The number of carbonyl (C=O) groups is 3. The summed E-state index contributed by atoms with van der Waals surface area (Å²) in [5.41, 5.74) is 4.26. The van der Waals surface area contributed by atoms with Crippen LogP contribution >= 0.6 is 0 Å². The minimum atomic E-state index is -1.26. The zero-order valence-electron chi connectivity index (χ0n) is 37.5. The molecule has 2 unspecified atom stereocenters. The molecule has 4 N–H and O–H groups in total. The molecule has 6 aromatic rings. The van der Waals surface area contributed by atoms with Crippen LogP contribution in [0.4, 0.5) is 21.2 Å². The fraction of sp³-hybridized carbons (Fsp3) is 0.360. The molecule has 3 aliphatic rings. The highest BCUT2D eigenvalue weighted by Crippen LogP contribution is 2.43. The van der Waals surface area contributed by atoms with Gasteiger partial charge in [-0.25, -0.2) is 19.6 Å². The maximum absolute atomic E-state index is 13.4. The van der Waals surface area contributed by atoms with Gasteiger partial charge in [-0.3, -0.25) is 19.8 Å². The van der Waals surface area contributed by atoms with Gasteiger partial charge in [0.2, 0.25) is 11.9 Å². The minimum absolute atomic E-state index is 0.0310. The van der Waals surface area contributed by atoms with E-state index in [0.717, 1.165) is 58.7 Å². The third-order valence-corrected chi connectivity index (χ3v) is 12.6. The first-order valence-corrected chi connectivity index (χ1v) is 22.4. The molecule has 66 heavy (non-hydrogen) atoms.